The largest absolute Gasteiger partial charge is 0.495 e. The Hall–Kier alpha value is -2.38. The van der Waals surface area contributed by atoms with Crippen LogP contribution in [0, 0.1) is 13.8 Å². The summed E-state index contributed by atoms with van der Waals surface area (Å²) in [5.74, 6) is -0.0601. The van der Waals surface area contributed by atoms with Gasteiger partial charge in [0.1, 0.15) is 10.6 Å². The molecule has 0 bridgehead atoms. The van der Waals surface area contributed by atoms with Crippen LogP contribution in [-0.2, 0) is 16.6 Å². The van der Waals surface area contributed by atoms with Crippen molar-refractivity contribution in [2.24, 2.45) is 0 Å². The number of aryl methyl sites for hydroxylation is 2. The van der Waals surface area contributed by atoms with Crippen molar-refractivity contribution >= 4 is 15.9 Å². The summed E-state index contributed by atoms with van der Waals surface area (Å²) in [6, 6.07) is 10.6. The molecule has 0 spiro atoms. The molecule has 0 unspecified atom stereocenters. The Labute approximate surface area is 179 Å². The van der Waals surface area contributed by atoms with Crippen LogP contribution in [0.4, 0.5) is 0 Å². The number of carbonyl (C=O) groups excluding carboxylic acids is 1. The minimum Gasteiger partial charge on any atom is -0.495 e. The molecular formula is C23H30N2O4S. The highest BCUT2D eigenvalue weighted by Gasteiger charge is 2.29. The Bertz CT molecular complexity index is 1010. The van der Waals surface area contributed by atoms with Crippen LogP contribution in [0.1, 0.15) is 52.7 Å². The van der Waals surface area contributed by atoms with Gasteiger partial charge in [-0.25, -0.2) is 8.42 Å². The van der Waals surface area contributed by atoms with Gasteiger partial charge < -0.3 is 10.1 Å². The van der Waals surface area contributed by atoms with Crippen molar-refractivity contribution in [3.8, 4) is 5.75 Å². The number of benzene rings is 2. The highest BCUT2D eigenvalue weighted by atomic mass is 32.2. The lowest BCUT2D eigenvalue weighted by atomic mass is 10.1. The predicted octanol–water partition coefficient (Wildman–Crippen LogP) is 3.81. The summed E-state index contributed by atoms with van der Waals surface area (Å²) in [7, 11) is -2.29. The van der Waals surface area contributed by atoms with E-state index >= 15 is 0 Å². The van der Waals surface area contributed by atoms with Gasteiger partial charge in [0.15, 0.2) is 0 Å². The molecule has 1 aliphatic heterocycles. The molecule has 0 aliphatic carbocycles. The maximum absolute atomic E-state index is 13.3. The second kappa shape index (κ2) is 9.62. The van der Waals surface area contributed by atoms with Crippen molar-refractivity contribution in [2.45, 2.75) is 51.0 Å². The first-order valence-corrected chi connectivity index (χ1v) is 11.8. The van der Waals surface area contributed by atoms with E-state index in [1.165, 1.54) is 23.0 Å². The second-order valence-electron chi connectivity index (χ2n) is 7.80. The molecule has 1 N–H and O–H groups in total. The zero-order valence-electron chi connectivity index (χ0n) is 17.9. The number of nitrogens with zero attached hydrogens (tertiary/aromatic N) is 1. The molecular weight excluding hydrogens is 400 g/mol. The van der Waals surface area contributed by atoms with E-state index in [-0.39, 0.29) is 16.6 Å². The van der Waals surface area contributed by atoms with Gasteiger partial charge in [-0.15, -0.1) is 0 Å². The van der Waals surface area contributed by atoms with Gasteiger partial charge in [-0.1, -0.05) is 36.6 Å². The van der Waals surface area contributed by atoms with E-state index in [4.69, 9.17) is 4.74 Å². The average molecular weight is 431 g/mol. The normalized spacial score (nSPS) is 15.4. The predicted molar refractivity (Wildman–Crippen MR) is 117 cm³/mol. The number of amides is 1. The van der Waals surface area contributed by atoms with Gasteiger partial charge in [-0.05, 0) is 56.0 Å². The van der Waals surface area contributed by atoms with Gasteiger partial charge in [-0.2, -0.15) is 4.31 Å². The maximum atomic E-state index is 13.3. The average Bonchev–Trinajstić information content (AvgIpc) is 3.02. The van der Waals surface area contributed by atoms with Gasteiger partial charge >= 0.3 is 0 Å². The van der Waals surface area contributed by atoms with Crippen LogP contribution in [0.5, 0.6) is 5.75 Å². The number of sulfonamides is 1. The second-order valence-corrected chi connectivity index (χ2v) is 9.70. The number of carbonyl (C=O) groups is 1. The molecule has 2 aromatic carbocycles. The quantitative estimate of drug-likeness (QED) is 0.756. The van der Waals surface area contributed by atoms with Gasteiger partial charge in [0.25, 0.3) is 5.91 Å². The Kier molecular flexibility index (Phi) is 7.15. The van der Waals surface area contributed by atoms with Crippen LogP contribution < -0.4 is 10.1 Å². The Morgan fingerprint density at radius 2 is 1.73 bits per heavy atom. The van der Waals surface area contributed by atoms with E-state index < -0.39 is 10.0 Å². The molecule has 7 heteroatoms. The summed E-state index contributed by atoms with van der Waals surface area (Å²) in [6.45, 7) is 5.40. The van der Waals surface area contributed by atoms with Crippen molar-refractivity contribution in [2.75, 3.05) is 20.2 Å². The first-order valence-electron chi connectivity index (χ1n) is 10.4. The van der Waals surface area contributed by atoms with Crippen molar-refractivity contribution in [1.29, 1.82) is 0 Å². The Morgan fingerprint density at radius 1 is 1.03 bits per heavy atom. The highest BCUT2D eigenvalue weighted by molar-refractivity contribution is 7.89. The lowest BCUT2D eigenvalue weighted by molar-refractivity contribution is 0.0950. The number of nitrogens with one attached hydrogen (secondary N) is 1. The third kappa shape index (κ3) is 5.02. The fraction of sp³-hybridized carbons (Fsp3) is 0.435. The van der Waals surface area contributed by atoms with Crippen LogP contribution in [-0.4, -0.2) is 38.8 Å². The molecule has 162 valence electrons. The van der Waals surface area contributed by atoms with Gasteiger partial charge in [0, 0.05) is 25.2 Å². The van der Waals surface area contributed by atoms with Gasteiger partial charge in [0.2, 0.25) is 10.0 Å². The molecule has 1 aliphatic rings. The summed E-state index contributed by atoms with van der Waals surface area (Å²) in [5, 5.41) is 2.89. The van der Waals surface area contributed by atoms with Crippen LogP contribution in [0.2, 0.25) is 0 Å². The lowest BCUT2D eigenvalue weighted by Crippen LogP contribution is -2.32. The van der Waals surface area contributed by atoms with E-state index in [0.29, 0.717) is 25.2 Å². The summed E-state index contributed by atoms with van der Waals surface area (Å²) in [6.07, 6.45) is 3.75. The summed E-state index contributed by atoms with van der Waals surface area (Å²) in [4.78, 5) is 12.8. The molecule has 0 atom stereocenters. The fourth-order valence-corrected chi connectivity index (χ4v) is 5.46. The van der Waals surface area contributed by atoms with Crippen molar-refractivity contribution < 1.29 is 17.9 Å². The van der Waals surface area contributed by atoms with E-state index in [1.807, 2.05) is 26.0 Å². The van der Waals surface area contributed by atoms with Crippen LogP contribution >= 0.6 is 0 Å². The molecule has 1 saturated heterocycles. The molecule has 1 heterocycles. The van der Waals surface area contributed by atoms with Crippen molar-refractivity contribution in [3.63, 3.8) is 0 Å². The van der Waals surface area contributed by atoms with Crippen molar-refractivity contribution in [1.82, 2.24) is 9.62 Å². The zero-order valence-corrected chi connectivity index (χ0v) is 18.7. The zero-order chi connectivity index (χ0) is 21.7. The minimum atomic E-state index is -3.73. The monoisotopic (exact) mass is 430 g/mol. The molecule has 0 radical (unpaired) electrons. The Morgan fingerprint density at radius 3 is 2.37 bits per heavy atom. The molecule has 2 aromatic rings. The standard InChI is InChI=1S/C23H30N2O4S/c1-17-8-9-20(18(2)14-17)16-24-23(26)19-10-11-21(29-3)22(15-19)30(27,28)25-12-6-4-5-7-13-25/h8-11,14-15H,4-7,12-13,16H2,1-3H3,(H,24,26). The molecule has 3 rings (SSSR count). The first kappa shape index (κ1) is 22.3. The smallest absolute Gasteiger partial charge is 0.251 e. The molecule has 30 heavy (non-hydrogen) atoms. The summed E-state index contributed by atoms with van der Waals surface area (Å²) < 4.78 is 33.3. The van der Waals surface area contributed by atoms with Crippen LogP contribution in [0.25, 0.3) is 0 Å². The number of hydrogen-bond acceptors (Lipinski definition) is 4. The topological polar surface area (TPSA) is 75.7 Å². The van der Waals surface area contributed by atoms with Crippen molar-refractivity contribution in [3.05, 3.63) is 58.7 Å². The Balaban J connectivity index is 1.83. The fourth-order valence-electron chi connectivity index (χ4n) is 3.76. The lowest BCUT2D eigenvalue weighted by Gasteiger charge is -2.21. The number of hydrogen-bond donors (Lipinski definition) is 1. The van der Waals surface area contributed by atoms with E-state index in [0.717, 1.165) is 36.8 Å². The van der Waals surface area contributed by atoms with Crippen LogP contribution in [0.15, 0.2) is 41.3 Å². The summed E-state index contributed by atoms with van der Waals surface area (Å²) in [5.41, 5.74) is 3.60. The highest BCUT2D eigenvalue weighted by Crippen LogP contribution is 2.29. The molecule has 1 amide bonds. The molecule has 0 aromatic heterocycles. The summed E-state index contributed by atoms with van der Waals surface area (Å²) >= 11 is 0. The SMILES string of the molecule is COc1ccc(C(=O)NCc2ccc(C)cc2C)cc1S(=O)(=O)N1CCCCCC1. The van der Waals surface area contributed by atoms with Gasteiger partial charge in [0.05, 0.1) is 7.11 Å². The maximum Gasteiger partial charge on any atom is 0.251 e. The van der Waals surface area contributed by atoms with Gasteiger partial charge in [-0.3, -0.25) is 4.79 Å². The molecule has 1 fully saturated rings. The third-order valence-corrected chi connectivity index (χ3v) is 7.47. The molecule has 6 nitrogen and oxygen atoms in total. The minimum absolute atomic E-state index is 0.0473. The molecule has 0 saturated carbocycles. The third-order valence-electron chi connectivity index (χ3n) is 5.55. The number of rotatable bonds is 6. The van der Waals surface area contributed by atoms with E-state index in [2.05, 4.69) is 11.4 Å². The first-order chi connectivity index (χ1) is 14.3. The number of methoxy groups -OCH3 is 1. The van der Waals surface area contributed by atoms with E-state index in [9.17, 15) is 13.2 Å². The van der Waals surface area contributed by atoms with Crippen LogP contribution in [0.3, 0.4) is 0 Å². The van der Waals surface area contributed by atoms with E-state index in [1.54, 1.807) is 12.1 Å². The number of ether oxygens (including phenoxy) is 1.